The van der Waals surface area contributed by atoms with Gasteiger partial charge >= 0.3 is 0 Å². The Hall–Kier alpha value is -2.47. The molecule has 6 nitrogen and oxygen atoms in total. The number of carbonyl (C=O) groups excluding carboxylic acids is 1. The summed E-state index contributed by atoms with van der Waals surface area (Å²) in [5.41, 5.74) is 2.37. The number of aryl methyl sites for hydroxylation is 1. The van der Waals surface area contributed by atoms with Crippen LogP contribution >= 0.6 is 0 Å². The molecule has 0 N–H and O–H groups in total. The van der Waals surface area contributed by atoms with Crippen molar-refractivity contribution in [2.75, 3.05) is 32.7 Å². The van der Waals surface area contributed by atoms with E-state index in [0.29, 0.717) is 19.0 Å². The lowest BCUT2D eigenvalue weighted by atomic mass is 9.91. The minimum absolute atomic E-state index is 0.0828. The molecule has 2 fully saturated rings. The summed E-state index contributed by atoms with van der Waals surface area (Å²) in [5, 5.41) is 0. The number of hydrogen-bond donors (Lipinski definition) is 0. The van der Waals surface area contributed by atoms with Crippen molar-refractivity contribution >= 4 is 5.91 Å². The van der Waals surface area contributed by atoms with E-state index in [-0.39, 0.29) is 17.4 Å². The molecule has 2 atom stereocenters. The lowest BCUT2D eigenvalue weighted by Crippen LogP contribution is -2.44. The van der Waals surface area contributed by atoms with Crippen molar-refractivity contribution in [2.45, 2.75) is 63.8 Å². The van der Waals surface area contributed by atoms with Crippen LogP contribution in [0.1, 0.15) is 61.5 Å². The Balaban J connectivity index is 1.17. The fraction of sp³-hybridized carbons (Fsp3) is 0.593. The number of benzene rings is 1. The first-order valence-corrected chi connectivity index (χ1v) is 12.8. The van der Waals surface area contributed by atoms with E-state index in [2.05, 4.69) is 35.2 Å². The predicted octanol–water partition coefficient (Wildman–Crippen LogP) is 3.24. The number of hydrogen-bond acceptors (Lipinski definition) is 4. The smallest absolute Gasteiger partial charge is 0.253 e. The third kappa shape index (κ3) is 5.37. The van der Waals surface area contributed by atoms with Crippen LogP contribution in [0.4, 0.5) is 0 Å². The molecule has 0 radical (unpaired) electrons. The van der Waals surface area contributed by atoms with Gasteiger partial charge in [-0.2, -0.15) is 0 Å². The van der Waals surface area contributed by atoms with Crippen LogP contribution in [0, 0.1) is 5.92 Å². The number of nitrogens with zero attached hydrogens (tertiary/aromatic N) is 4. The number of fused-ring (bicyclic) bond motifs is 1. The molecule has 0 bridgehead atoms. The van der Waals surface area contributed by atoms with E-state index in [1.807, 2.05) is 9.47 Å². The summed E-state index contributed by atoms with van der Waals surface area (Å²) in [5.74, 6) is 1.97. The van der Waals surface area contributed by atoms with Crippen molar-refractivity contribution in [1.82, 2.24) is 19.4 Å². The van der Waals surface area contributed by atoms with Crippen LogP contribution < -0.4 is 5.56 Å². The van der Waals surface area contributed by atoms with E-state index in [4.69, 9.17) is 4.98 Å². The predicted molar refractivity (Wildman–Crippen MR) is 129 cm³/mol. The standard InChI is InChI=1S/C27H36N4O2/c32-26-17-24(28-25-11-5-2-6-14-31(25)26)23-12-15-30(19-23)27(33)20-29-13-7-10-22(18-29)16-21-8-3-1-4-9-21/h1,3-4,8-9,17,22-23H,2,5-7,10-16,18-20H2/t22-,23+/m1/s1. The van der Waals surface area contributed by atoms with E-state index >= 15 is 0 Å². The molecule has 176 valence electrons. The summed E-state index contributed by atoms with van der Waals surface area (Å²) < 4.78 is 1.86. The minimum atomic E-state index is 0.0828. The van der Waals surface area contributed by atoms with Gasteiger partial charge in [-0.3, -0.25) is 19.1 Å². The number of amides is 1. The summed E-state index contributed by atoms with van der Waals surface area (Å²) in [6.45, 7) is 4.77. The molecule has 0 unspecified atom stereocenters. The van der Waals surface area contributed by atoms with Crippen LogP contribution in [0.5, 0.6) is 0 Å². The van der Waals surface area contributed by atoms with Crippen molar-refractivity contribution in [3.05, 3.63) is 63.8 Å². The first-order chi connectivity index (χ1) is 16.2. The first-order valence-electron chi connectivity index (χ1n) is 12.8. The molecule has 4 heterocycles. The molecule has 5 rings (SSSR count). The maximum absolute atomic E-state index is 13.1. The molecule has 33 heavy (non-hydrogen) atoms. The fourth-order valence-electron chi connectivity index (χ4n) is 5.87. The van der Waals surface area contributed by atoms with Crippen LogP contribution in [-0.4, -0.2) is 58.0 Å². The Morgan fingerprint density at radius 2 is 1.85 bits per heavy atom. The maximum Gasteiger partial charge on any atom is 0.253 e. The van der Waals surface area contributed by atoms with Crippen LogP contribution in [0.25, 0.3) is 0 Å². The van der Waals surface area contributed by atoms with Crippen LogP contribution in [0.15, 0.2) is 41.2 Å². The quantitative estimate of drug-likeness (QED) is 0.705. The Kier molecular flexibility index (Phi) is 6.91. The van der Waals surface area contributed by atoms with Crippen molar-refractivity contribution in [3.8, 4) is 0 Å². The highest BCUT2D eigenvalue weighted by Gasteiger charge is 2.31. The highest BCUT2D eigenvalue weighted by atomic mass is 16.2. The van der Waals surface area contributed by atoms with Crippen molar-refractivity contribution in [1.29, 1.82) is 0 Å². The summed E-state index contributed by atoms with van der Waals surface area (Å²) in [7, 11) is 0. The molecule has 2 aromatic rings. The average molecular weight is 449 g/mol. The van der Waals surface area contributed by atoms with Gasteiger partial charge in [-0.25, -0.2) is 4.98 Å². The molecule has 1 amide bonds. The van der Waals surface area contributed by atoms with Crippen LogP contribution in [0.3, 0.4) is 0 Å². The zero-order chi connectivity index (χ0) is 22.6. The summed E-state index contributed by atoms with van der Waals surface area (Å²) in [6, 6.07) is 12.4. The molecular formula is C27H36N4O2. The van der Waals surface area contributed by atoms with E-state index in [1.165, 1.54) is 12.0 Å². The largest absolute Gasteiger partial charge is 0.341 e. The molecule has 1 aromatic heterocycles. The molecule has 6 heteroatoms. The highest BCUT2D eigenvalue weighted by molar-refractivity contribution is 5.78. The molecule has 3 aliphatic heterocycles. The number of piperidine rings is 1. The van der Waals surface area contributed by atoms with E-state index < -0.39 is 0 Å². The van der Waals surface area contributed by atoms with Crippen molar-refractivity contribution in [3.63, 3.8) is 0 Å². The second-order valence-corrected chi connectivity index (χ2v) is 10.2. The lowest BCUT2D eigenvalue weighted by molar-refractivity contribution is -0.131. The van der Waals surface area contributed by atoms with Gasteiger partial charge in [0.2, 0.25) is 5.91 Å². The summed E-state index contributed by atoms with van der Waals surface area (Å²) >= 11 is 0. The number of rotatable bonds is 5. The Labute approximate surface area is 196 Å². The van der Waals surface area contributed by atoms with Crippen LogP contribution in [-0.2, 0) is 24.2 Å². The molecule has 0 spiro atoms. The Morgan fingerprint density at radius 1 is 0.970 bits per heavy atom. The molecule has 3 aliphatic rings. The van der Waals surface area contributed by atoms with Gasteiger partial charge in [0.25, 0.3) is 5.56 Å². The normalized spacial score (nSPS) is 23.8. The summed E-state index contributed by atoms with van der Waals surface area (Å²) in [4.78, 5) is 35.0. The van der Waals surface area contributed by atoms with Crippen molar-refractivity contribution < 1.29 is 4.79 Å². The van der Waals surface area contributed by atoms with Gasteiger partial charge in [-0.05, 0) is 56.6 Å². The maximum atomic E-state index is 13.1. The second kappa shape index (κ2) is 10.2. The zero-order valence-electron chi connectivity index (χ0n) is 19.6. The minimum Gasteiger partial charge on any atom is -0.341 e. The van der Waals surface area contributed by atoms with Crippen molar-refractivity contribution in [2.24, 2.45) is 5.92 Å². The van der Waals surface area contributed by atoms with Gasteiger partial charge in [-0.15, -0.1) is 0 Å². The molecular weight excluding hydrogens is 412 g/mol. The first kappa shape index (κ1) is 22.3. The van der Waals surface area contributed by atoms with E-state index in [1.54, 1.807) is 6.07 Å². The topological polar surface area (TPSA) is 58.4 Å². The fourth-order valence-corrected chi connectivity index (χ4v) is 5.87. The Bertz CT molecular complexity index is 1020. The monoisotopic (exact) mass is 448 g/mol. The van der Waals surface area contributed by atoms with E-state index in [0.717, 1.165) is 82.6 Å². The SMILES string of the molecule is O=C(CN1CCC[C@H](Cc2ccccc2)C1)N1CC[C@H](c2cc(=O)n3c(n2)CCCCC3)C1. The van der Waals surface area contributed by atoms with Crippen LogP contribution in [0.2, 0.25) is 0 Å². The number of carbonyl (C=O) groups is 1. The average Bonchev–Trinajstić information content (AvgIpc) is 3.19. The zero-order valence-corrected chi connectivity index (χ0v) is 19.6. The van der Waals surface area contributed by atoms with Gasteiger partial charge in [-0.1, -0.05) is 36.8 Å². The van der Waals surface area contributed by atoms with E-state index in [9.17, 15) is 9.59 Å². The van der Waals surface area contributed by atoms with Gasteiger partial charge in [0.05, 0.1) is 12.2 Å². The highest BCUT2D eigenvalue weighted by Crippen LogP contribution is 2.27. The molecule has 2 saturated heterocycles. The molecule has 1 aromatic carbocycles. The van der Waals surface area contributed by atoms with Gasteiger partial charge in [0, 0.05) is 44.6 Å². The third-order valence-corrected chi connectivity index (χ3v) is 7.68. The molecule has 0 saturated carbocycles. The summed E-state index contributed by atoms with van der Waals surface area (Å²) in [6.07, 6.45) is 8.61. The second-order valence-electron chi connectivity index (χ2n) is 10.2. The lowest BCUT2D eigenvalue weighted by Gasteiger charge is -2.33. The molecule has 0 aliphatic carbocycles. The van der Waals surface area contributed by atoms with Gasteiger partial charge in [0.15, 0.2) is 0 Å². The number of likely N-dealkylation sites (tertiary alicyclic amines) is 2. The third-order valence-electron chi connectivity index (χ3n) is 7.68. The van der Waals surface area contributed by atoms with Gasteiger partial charge in [0.1, 0.15) is 5.82 Å². The number of aromatic nitrogens is 2. The van der Waals surface area contributed by atoms with Gasteiger partial charge < -0.3 is 4.90 Å². The Morgan fingerprint density at radius 3 is 2.73 bits per heavy atom.